The molecule has 0 radical (unpaired) electrons. The van der Waals surface area contributed by atoms with E-state index in [9.17, 15) is 0 Å². The highest BCUT2D eigenvalue weighted by molar-refractivity contribution is 5.20. The zero-order valence-electron chi connectivity index (χ0n) is 10.3. The van der Waals surface area contributed by atoms with Crippen LogP contribution < -0.4 is 0 Å². The molecular formula is C14H21NO. The Morgan fingerprint density at radius 3 is 2.69 bits per heavy atom. The van der Waals surface area contributed by atoms with Gasteiger partial charge in [-0.05, 0) is 42.7 Å². The van der Waals surface area contributed by atoms with Gasteiger partial charge in [0.25, 0.3) is 0 Å². The molecule has 1 aromatic heterocycles. The van der Waals surface area contributed by atoms with E-state index in [2.05, 4.69) is 37.2 Å². The summed E-state index contributed by atoms with van der Waals surface area (Å²) in [5.41, 5.74) is 2.61. The van der Waals surface area contributed by atoms with Gasteiger partial charge in [-0.2, -0.15) is 0 Å². The van der Waals surface area contributed by atoms with Crippen molar-refractivity contribution in [2.24, 2.45) is 0 Å². The third-order valence-electron chi connectivity index (χ3n) is 3.62. The van der Waals surface area contributed by atoms with Crippen LogP contribution in [-0.2, 0) is 4.74 Å². The fourth-order valence-electron chi connectivity index (χ4n) is 2.19. The zero-order valence-corrected chi connectivity index (χ0v) is 10.3. The molecule has 0 spiro atoms. The van der Waals surface area contributed by atoms with Gasteiger partial charge in [-0.25, -0.2) is 0 Å². The summed E-state index contributed by atoms with van der Waals surface area (Å²) in [7, 11) is 0. The van der Waals surface area contributed by atoms with Gasteiger partial charge in [0, 0.05) is 25.1 Å². The summed E-state index contributed by atoms with van der Waals surface area (Å²) >= 11 is 0. The first-order chi connectivity index (χ1) is 7.81. The highest BCUT2D eigenvalue weighted by Crippen LogP contribution is 2.27. The first kappa shape index (κ1) is 11.6. The Balaban J connectivity index is 2.06. The molecule has 16 heavy (non-hydrogen) atoms. The number of nitrogens with zero attached hydrogens (tertiary/aromatic N) is 1. The normalized spacial score (nSPS) is 19.6. The van der Waals surface area contributed by atoms with Crippen LogP contribution in [0.25, 0.3) is 0 Å². The van der Waals surface area contributed by atoms with Crippen molar-refractivity contribution in [3.63, 3.8) is 0 Å². The molecule has 2 rings (SSSR count). The Bertz CT molecular complexity index is 314. The quantitative estimate of drug-likeness (QED) is 0.776. The van der Waals surface area contributed by atoms with Crippen LogP contribution in [0.5, 0.6) is 0 Å². The van der Waals surface area contributed by atoms with E-state index < -0.39 is 0 Å². The highest BCUT2D eigenvalue weighted by Gasteiger charge is 2.16. The molecule has 0 bridgehead atoms. The average molecular weight is 219 g/mol. The monoisotopic (exact) mass is 219 g/mol. The van der Waals surface area contributed by atoms with Gasteiger partial charge in [0.1, 0.15) is 0 Å². The van der Waals surface area contributed by atoms with E-state index in [0.717, 1.165) is 32.5 Å². The molecule has 0 amide bonds. The van der Waals surface area contributed by atoms with Crippen molar-refractivity contribution < 1.29 is 4.74 Å². The van der Waals surface area contributed by atoms with E-state index in [4.69, 9.17) is 4.74 Å². The molecule has 1 aromatic rings. The predicted octanol–water partition coefficient (Wildman–Crippen LogP) is 3.49. The van der Waals surface area contributed by atoms with Crippen molar-refractivity contribution in [2.45, 2.75) is 44.9 Å². The lowest BCUT2D eigenvalue weighted by atomic mass is 9.92. The molecule has 2 heterocycles. The van der Waals surface area contributed by atoms with Gasteiger partial charge in [-0.3, -0.25) is 4.98 Å². The molecule has 1 atom stereocenters. The van der Waals surface area contributed by atoms with Gasteiger partial charge >= 0.3 is 0 Å². The van der Waals surface area contributed by atoms with Gasteiger partial charge in [0.05, 0.1) is 0 Å². The van der Waals surface area contributed by atoms with Crippen LogP contribution in [0.3, 0.4) is 0 Å². The lowest BCUT2D eigenvalue weighted by Crippen LogP contribution is -2.14. The zero-order chi connectivity index (χ0) is 11.4. The summed E-state index contributed by atoms with van der Waals surface area (Å²) in [6.07, 6.45) is 5.51. The molecule has 2 heteroatoms. The van der Waals surface area contributed by atoms with Crippen LogP contribution in [-0.4, -0.2) is 18.2 Å². The summed E-state index contributed by atoms with van der Waals surface area (Å²) in [5, 5.41) is 0. The van der Waals surface area contributed by atoms with Crippen LogP contribution in [0.4, 0.5) is 0 Å². The number of pyridine rings is 1. The lowest BCUT2D eigenvalue weighted by Gasteiger charge is -2.22. The van der Waals surface area contributed by atoms with E-state index in [-0.39, 0.29) is 0 Å². The molecule has 1 aliphatic heterocycles. The topological polar surface area (TPSA) is 22.1 Å². The fourth-order valence-corrected chi connectivity index (χ4v) is 2.19. The van der Waals surface area contributed by atoms with E-state index >= 15 is 0 Å². The maximum atomic E-state index is 5.38. The maximum absolute atomic E-state index is 5.38. The molecule has 88 valence electrons. The van der Waals surface area contributed by atoms with E-state index in [1.54, 1.807) is 0 Å². The summed E-state index contributed by atoms with van der Waals surface area (Å²) in [6.45, 7) is 6.24. The molecule has 1 saturated heterocycles. The molecule has 0 aromatic carbocycles. The summed E-state index contributed by atoms with van der Waals surface area (Å²) in [5.74, 6) is 1.23. The van der Waals surface area contributed by atoms with Gasteiger partial charge < -0.3 is 4.74 Å². The minimum Gasteiger partial charge on any atom is -0.381 e. The third kappa shape index (κ3) is 2.62. The van der Waals surface area contributed by atoms with Crippen molar-refractivity contribution in [3.8, 4) is 0 Å². The molecule has 1 fully saturated rings. The minimum absolute atomic E-state index is 0.573. The molecule has 0 N–H and O–H groups in total. The van der Waals surface area contributed by atoms with Crippen molar-refractivity contribution in [2.75, 3.05) is 13.2 Å². The molecular weight excluding hydrogens is 198 g/mol. The number of hydrogen-bond acceptors (Lipinski definition) is 2. The van der Waals surface area contributed by atoms with Crippen LogP contribution in [0.2, 0.25) is 0 Å². The third-order valence-corrected chi connectivity index (χ3v) is 3.62. The number of rotatable bonds is 3. The van der Waals surface area contributed by atoms with Crippen LogP contribution >= 0.6 is 0 Å². The standard InChI is InChI=1S/C14H21NO/c1-3-11(2)14-5-4-13(10-15-14)12-6-8-16-9-7-12/h4-5,10-12H,3,6-9H2,1-2H3. The maximum Gasteiger partial charge on any atom is 0.0471 e. The first-order valence-electron chi connectivity index (χ1n) is 6.35. The number of ether oxygens (including phenoxy) is 1. The van der Waals surface area contributed by atoms with Crippen LogP contribution in [0, 0.1) is 0 Å². The lowest BCUT2D eigenvalue weighted by molar-refractivity contribution is 0.0852. The number of aromatic nitrogens is 1. The molecule has 0 aliphatic carbocycles. The Labute approximate surface area is 98.0 Å². The smallest absolute Gasteiger partial charge is 0.0471 e. The van der Waals surface area contributed by atoms with Crippen molar-refractivity contribution in [1.82, 2.24) is 4.98 Å². The van der Waals surface area contributed by atoms with Gasteiger partial charge in [0.2, 0.25) is 0 Å². The second-order valence-electron chi connectivity index (χ2n) is 4.71. The minimum atomic E-state index is 0.573. The Morgan fingerprint density at radius 1 is 1.38 bits per heavy atom. The van der Waals surface area contributed by atoms with E-state index in [1.807, 2.05) is 0 Å². The van der Waals surface area contributed by atoms with Gasteiger partial charge in [-0.1, -0.05) is 19.9 Å². The summed E-state index contributed by atoms with van der Waals surface area (Å²) in [4.78, 5) is 4.58. The first-order valence-corrected chi connectivity index (χ1v) is 6.35. The van der Waals surface area contributed by atoms with Crippen molar-refractivity contribution in [3.05, 3.63) is 29.6 Å². The highest BCUT2D eigenvalue weighted by atomic mass is 16.5. The Hall–Kier alpha value is -0.890. The molecule has 1 unspecified atom stereocenters. The van der Waals surface area contributed by atoms with Crippen LogP contribution in [0.15, 0.2) is 18.3 Å². The van der Waals surface area contributed by atoms with E-state index in [0.29, 0.717) is 11.8 Å². The number of hydrogen-bond donors (Lipinski definition) is 0. The SMILES string of the molecule is CCC(C)c1ccc(C2CCOCC2)cn1. The Morgan fingerprint density at radius 2 is 2.12 bits per heavy atom. The van der Waals surface area contributed by atoms with E-state index in [1.165, 1.54) is 11.3 Å². The van der Waals surface area contributed by atoms with Gasteiger partial charge in [0.15, 0.2) is 0 Å². The van der Waals surface area contributed by atoms with Crippen molar-refractivity contribution in [1.29, 1.82) is 0 Å². The average Bonchev–Trinajstić information content (AvgIpc) is 2.39. The molecule has 1 aliphatic rings. The van der Waals surface area contributed by atoms with Gasteiger partial charge in [-0.15, -0.1) is 0 Å². The molecule has 0 saturated carbocycles. The second kappa shape index (κ2) is 5.44. The summed E-state index contributed by atoms with van der Waals surface area (Å²) in [6, 6.07) is 4.45. The van der Waals surface area contributed by atoms with Crippen molar-refractivity contribution >= 4 is 0 Å². The summed E-state index contributed by atoms with van der Waals surface area (Å²) < 4.78 is 5.38. The predicted molar refractivity (Wildman–Crippen MR) is 65.7 cm³/mol. The largest absolute Gasteiger partial charge is 0.381 e. The molecule has 2 nitrogen and oxygen atoms in total. The Kier molecular flexibility index (Phi) is 3.94. The van der Waals surface area contributed by atoms with Crippen LogP contribution in [0.1, 0.15) is 56.2 Å². The second-order valence-corrected chi connectivity index (χ2v) is 4.71. The fraction of sp³-hybridized carbons (Fsp3) is 0.643.